The number of thiazole rings is 1. The summed E-state index contributed by atoms with van der Waals surface area (Å²) < 4.78 is 30.4. The molecule has 0 saturated carbocycles. The summed E-state index contributed by atoms with van der Waals surface area (Å²) in [6, 6.07) is 12.6. The van der Waals surface area contributed by atoms with E-state index in [2.05, 4.69) is 4.98 Å². The van der Waals surface area contributed by atoms with E-state index in [4.69, 9.17) is 25.8 Å². The molecule has 1 unspecified atom stereocenters. The zero-order valence-electron chi connectivity index (χ0n) is 20.3. The lowest BCUT2D eigenvalue weighted by molar-refractivity contribution is -0.132. The quantitative estimate of drug-likeness (QED) is 0.184. The van der Waals surface area contributed by atoms with E-state index >= 15 is 0 Å². The van der Waals surface area contributed by atoms with E-state index in [1.54, 1.807) is 24.3 Å². The van der Waals surface area contributed by atoms with E-state index in [1.807, 2.05) is 0 Å². The van der Waals surface area contributed by atoms with Crippen molar-refractivity contribution < 1.29 is 33.3 Å². The number of hydrogen-bond acceptors (Lipinski definition) is 8. The van der Waals surface area contributed by atoms with Gasteiger partial charge in [-0.25, -0.2) is 9.37 Å². The molecular formula is C27H20ClFN2O6S. The third kappa shape index (κ3) is 4.21. The summed E-state index contributed by atoms with van der Waals surface area (Å²) in [6.07, 6.45) is 0. The molecule has 0 aliphatic carbocycles. The summed E-state index contributed by atoms with van der Waals surface area (Å²) in [5.41, 5.74) is 0.833. The topological polar surface area (TPSA) is 98.2 Å². The number of ether oxygens (including phenoxy) is 3. The van der Waals surface area contributed by atoms with Crippen molar-refractivity contribution in [1.29, 1.82) is 0 Å². The highest BCUT2D eigenvalue weighted by Gasteiger charge is 2.48. The standard InChI is InChI=1S/C27H20ClFN2O6S/c1-35-15-6-4-5-13(9-15)23-22(24(32)16-11-17(28)20(37-3)12-19(16)36-2)25(33)26(34)31(23)27-30-18-8-7-14(29)10-21(18)38-27/h4-12,23,32H,1-3H3/b24-22+. The highest BCUT2D eigenvalue weighted by atomic mass is 35.5. The molecule has 2 heterocycles. The van der Waals surface area contributed by atoms with E-state index in [0.717, 1.165) is 11.3 Å². The van der Waals surface area contributed by atoms with Crippen LogP contribution in [0, 0.1) is 5.82 Å². The predicted octanol–water partition coefficient (Wildman–Crippen LogP) is 5.74. The van der Waals surface area contributed by atoms with Crippen molar-refractivity contribution in [2.24, 2.45) is 0 Å². The maximum absolute atomic E-state index is 13.9. The van der Waals surface area contributed by atoms with Crippen LogP contribution in [-0.4, -0.2) is 43.1 Å². The first-order valence-corrected chi connectivity index (χ1v) is 12.4. The maximum atomic E-state index is 13.9. The summed E-state index contributed by atoms with van der Waals surface area (Å²) in [5, 5.41) is 11.8. The Morgan fingerprint density at radius 3 is 2.50 bits per heavy atom. The second kappa shape index (κ2) is 9.96. The lowest BCUT2D eigenvalue weighted by Gasteiger charge is -2.23. The van der Waals surface area contributed by atoms with Gasteiger partial charge in [0.1, 0.15) is 28.8 Å². The molecule has 8 nitrogen and oxygen atoms in total. The van der Waals surface area contributed by atoms with Gasteiger partial charge in [-0.3, -0.25) is 14.5 Å². The molecule has 1 fully saturated rings. The second-order valence-corrected chi connectivity index (χ2v) is 9.66. The van der Waals surface area contributed by atoms with Crippen LogP contribution >= 0.6 is 22.9 Å². The third-order valence-electron chi connectivity index (χ3n) is 6.13. The van der Waals surface area contributed by atoms with Crippen molar-refractivity contribution in [3.8, 4) is 17.2 Å². The number of aliphatic hydroxyl groups excluding tert-OH is 1. The van der Waals surface area contributed by atoms with Crippen LogP contribution < -0.4 is 19.1 Å². The Morgan fingerprint density at radius 2 is 1.79 bits per heavy atom. The lowest BCUT2D eigenvalue weighted by atomic mass is 9.95. The second-order valence-electron chi connectivity index (χ2n) is 8.24. The highest BCUT2D eigenvalue weighted by molar-refractivity contribution is 7.22. The number of carbonyl (C=O) groups excluding carboxylic acids is 2. The third-order valence-corrected chi connectivity index (χ3v) is 7.44. The first kappa shape index (κ1) is 25.5. The van der Waals surface area contributed by atoms with E-state index in [-0.39, 0.29) is 27.0 Å². The number of benzene rings is 3. The number of aliphatic hydroxyl groups is 1. The fraction of sp³-hybridized carbons (Fsp3) is 0.148. The van der Waals surface area contributed by atoms with Gasteiger partial charge in [0.2, 0.25) is 0 Å². The summed E-state index contributed by atoms with van der Waals surface area (Å²) in [7, 11) is 4.30. The predicted molar refractivity (Wildman–Crippen MR) is 142 cm³/mol. The number of halogens is 2. The molecular weight excluding hydrogens is 535 g/mol. The van der Waals surface area contributed by atoms with Crippen molar-refractivity contribution in [3.63, 3.8) is 0 Å². The lowest BCUT2D eigenvalue weighted by Crippen LogP contribution is -2.29. The number of aromatic nitrogens is 1. The Kier molecular flexibility index (Phi) is 6.68. The number of anilines is 1. The fourth-order valence-electron chi connectivity index (χ4n) is 4.34. The van der Waals surface area contributed by atoms with Crippen molar-refractivity contribution in [2.75, 3.05) is 26.2 Å². The molecule has 1 saturated heterocycles. The van der Waals surface area contributed by atoms with Crippen LogP contribution in [0.1, 0.15) is 17.2 Å². The molecule has 5 rings (SSSR count). The zero-order valence-corrected chi connectivity index (χ0v) is 21.9. The van der Waals surface area contributed by atoms with E-state index in [0.29, 0.717) is 27.3 Å². The first-order valence-electron chi connectivity index (χ1n) is 11.2. The molecule has 194 valence electrons. The van der Waals surface area contributed by atoms with E-state index < -0.39 is 29.3 Å². The zero-order chi connectivity index (χ0) is 27.1. The number of carbonyl (C=O) groups is 2. The van der Waals surface area contributed by atoms with Crippen molar-refractivity contribution >= 4 is 55.7 Å². The number of ketones is 1. The van der Waals surface area contributed by atoms with Crippen LogP contribution in [0.3, 0.4) is 0 Å². The smallest absolute Gasteiger partial charge is 0.301 e. The van der Waals surface area contributed by atoms with Crippen molar-refractivity contribution in [3.05, 3.63) is 82.1 Å². The van der Waals surface area contributed by atoms with E-state index in [9.17, 15) is 19.1 Å². The average Bonchev–Trinajstić information content (AvgIpc) is 3.45. The van der Waals surface area contributed by atoms with Gasteiger partial charge in [0.25, 0.3) is 5.78 Å². The minimum absolute atomic E-state index is 0.0931. The number of amides is 1. The Balaban J connectivity index is 1.77. The Hall–Kier alpha value is -4.15. The van der Waals surface area contributed by atoms with Crippen LogP contribution in [0.5, 0.6) is 17.2 Å². The van der Waals surface area contributed by atoms with Crippen LogP contribution in [0.2, 0.25) is 5.02 Å². The monoisotopic (exact) mass is 554 g/mol. The van der Waals surface area contributed by atoms with Crippen LogP contribution in [0.25, 0.3) is 16.0 Å². The van der Waals surface area contributed by atoms with E-state index in [1.165, 1.54) is 56.6 Å². The van der Waals surface area contributed by atoms with Gasteiger partial charge in [0.05, 0.1) is 53.7 Å². The molecule has 11 heteroatoms. The summed E-state index contributed by atoms with van der Waals surface area (Å²) in [5.74, 6) is -1.84. The van der Waals surface area contributed by atoms with Gasteiger partial charge in [-0.2, -0.15) is 0 Å². The molecule has 0 spiro atoms. The number of rotatable bonds is 6. The minimum atomic E-state index is -1.08. The fourth-order valence-corrected chi connectivity index (χ4v) is 5.59. The molecule has 4 aromatic rings. The SMILES string of the molecule is COc1cccc(C2/C(=C(\O)c3cc(Cl)c(OC)cc3OC)C(=O)C(=O)N2c2nc3ccc(F)cc3s2)c1. The van der Waals surface area contributed by atoms with Crippen LogP contribution in [0.4, 0.5) is 9.52 Å². The first-order chi connectivity index (χ1) is 18.3. The molecule has 1 aliphatic rings. The van der Waals surface area contributed by atoms with Gasteiger partial charge in [0, 0.05) is 6.07 Å². The molecule has 1 aromatic heterocycles. The molecule has 0 bridgehead atoms. The number of methoxy groups -OCH3 is 3. The normalized spacial score (nSPS) is 16.8. The molecule has 1 atom stereocenters. The average molecular weight is 555 g/mol. The van der Waals surface area contributed by atoms with Gasteiger partial charge < -0.3 is 19.3 Å². The number of Topliss-reactive ketones (excluding diaryl/α,β-unsaturated/α-hetero) is 1. The minimum Gasteiger partial charge on any atom is -0.507 e. The maximum Gasteiger partial charge on any atom is 0.301 e. The van der Waals surface area contributed by atoms with Gasteiger partial charge in [-0.1, -0.05) is 35.1 Å². The highest BCUT2D eigenvalue weighted by Crippen LogP contribution is 2.46. The number of hydrogen-bond donors (Lipinski definition) is 1. The molecule has 3 aromatic carbocycles. The molecule has 0 radical (unpaired) electrons. The van der Waals surface area contributed by atoms with Gasteiger partial charge in [-0.15, -0.1) is 0 Å². The summed E-state index contributed by atoms with van der Waals surface area (Å²) >= 11 is 7.37. The van der Waals surface area contributed by atoms with Gasteiger partial charge in [-0.05, 0) is 42.0 Å². The summed E-state index contributed by atoms with van der Waals surface area (Å²) in [4.78, 5) is 32.6. The largest absolute Gasteiger partial charge is 0.507 e. The van der Waals surface area contributed by atoms with Gasteiger partial charge >= 0.3 is 5.91 Å². The van der Waals surface area contributed by atoms with Crippen molar-refractivity contribution in [1.82, 2.24) is 4.98 Å². The van der Waals surface area contributed by atoms with Crippen LogP contribution in [0.15, 0.2) is 60.2 Å². The molecule has 1 N–H and O–H groups in total. The number of nitrogens with zero attached hydrogens (tertiary/aromatic N) is 2. The Morgan fingerprint density at radius 1 is 1.03 bits per heavy atom. The number of fused-ring (bicyclic) bond motifs is 1. The summed E-state index contributed by atoms with van der Waals surface area (Å²) in [6.45, 7) is 0. The molecule has 1 amide bonds. The van der Waals surface area contributed by atoms with Gasteiger partial charge in [0.15, 0.2) is 5.13 Å². The Bertz CT molecular complexity index is 1640. The molecule has 1 aliphatic heterocycles. The van der Waals surface area contributed by atoms with Crippen LogP contribution in [-0.2, 0) is 9.59 Å². The van der Waals surface area contributed by atoms with Crippen molar-refractivity contribution in [2.45, 2.75) is 6.04 Å². The Labute approximate surface area is 225 Å². The molecule has 38 heavy (non-hydrogen) atoms.